The van der Waals surface area contributed by atoms with Crippen LogP contribution in [-0.2, 0) is 11.3 Å². The van der Waals surface area contributed by atoms with Crippen molar-refractivity contribution in [3.63, 3.8) is 0 Å². The summed E-state index contributed by atoms with van der Waals surface area (Å²) in [6.45, 7) is 2.49. The third-order valence-corrected chi connectivity index (χ3v) is 6.82. The Labute approximate surface area is 177 Å². The molecule has 2 aromatic carbocycles. The summed E-state index contributed by atoms with van der Waals surface area (Å²) in [7, 11) is 0. The van der Waals surface area contributed by atoms with Crippen LogP contribution in [0.4, 0.5) is 4.39 Å². The van der Waals surface area contributed by atoms with Gasteiger partial charge in [0.15, 0.2) is 0 Å². The number of aliphatic hydroxyl groups is 1. The van der Waals surface area contributed by atoms with Crippen molar-refractivity contribution in [2.45, 2.75) is 54.5 Å². The molecule has 2 unspecified atom stereocenters. The number of rotatable bonds is 6. The van der Waals surface area contributed by atoms with Crippen LogP contribution in [0.2, 0.25) is 5.02 Å². The van der Waals surface area contributed by atoms with Crippen molar-refractivity contribution in [3.8, 4) is 0 Å². The maximum absolute atomic E-state index is 14.4. The first-order valence-electron chi connectivity index (χ1n) is 9.57. The van der Waals surface area contributed by atoms with Gasteiger partial charge in [0.25, 0.3) is 0 Å². The van der Waals surface area contributed by atoms with Gasteiger partial charge in [-0.3, -0.25) is 4.79 Å². The highest BCUT2D eigenvalue weighted by atomic mass is 35.5. The van der Waals surface area contributed by atoms with E-state index in [1.165, 1.54) is 23.9 Å². The van der Waals surface area contributed by atoms with Crippen LogP contribution in [-0.4, -0.2) is 20.7 Å². The van der Waals surface area contributed by atoms with Crippen LogP contribution in [0, 0.1) is 5.82 Å². The van der Waals surface area contributed by atoms with Crippen LogP contribution >= 0.6 is 23.4 Å². The molecule has 0 spiro atoms. The second kappa shape index (κ2) is 8.01. The minimum Gasteiger partial charge on any atom is -0.481 e. The van der Waals surface area contributed by atoms with Gasteiger partial charge in [-0.2, -0.15) is 0 Å². The Morgan fingerprint density at radius 1 is 1.34 bits per heavy atom. The zero-order valence-corrected chi connectivity index (χ0v) is 17.4. The first-order chi connectivity index (χ1) is 13.9. The monoisotopic (exact) mass is 433 g/mol. The van der Waals surface area contributed by atoms with Crippen LogP contribution in [0.15, 0.2) is 46.2 Å². The van der Waals surface area contributed by atoms with E-state index in [9.17, 15) is 19.4 Å². The van der Waals surface area contributed by atoms with Crippen molar-refractivity contribution in [2.75, 3.05) is 0 Å². The van der Waals surface area contributed by atoms with E-state index in [2.05, 4.69) is 0 Å². The van der Waals surface area contributed by atoms with Gasteiger partial charge in [-0.1, -0.05) is 30.3 Å². The molecule has 0 amide bonds. The third kappa shape index (κ3) is 3.77. The number of carbonyl (C=O) groups is 1. The van der Waals surface area contributed by atoms with E-state index in [0.29, 0.717) is 35.5 Å². The first kappa shape index (κ1) is 20.3. The highest BCUT2D eigenvalue weighted by Gasteiger charge is 2.33. The molecule has 4 nitrogen and oxygen atoms in total. The summed E-state index contributed by atoms with van der Waals surface area (Å²) in [5.41, 5.74) is 2.18. The Bertz CT molecular complexity index is 1080. The molecule has 1 aliphatic rings. The van der Waals surface area contributed by atoms with E-state index >= 15 is 0 Å². The first-order valence-corrected chi connectivity index (χ1v) is 10.8. The molecule has 0 bridgehead atoms. The number of aryl methyl sites for hydroxylation is 1. The molecule has 0 aliphatic carbocycles. The van der Waals surface area contributed by atoms with Crippen LogP contribution in [0.1, 0.15) is 49.5 Å². The molecule has 3 aromatic rings. The van der Waals surface area contributed by atoms with Crippen molar-refractivity contribution in [2.24, 2.45) is 0 Å². The average molecular weight is 434 g/mol. The highest BCUT2D eigenvalue weighted by Crippen LogP contribution is 2.49. The largest absolute Gasteiger partial charge is 0.481 e. The zero-order valence-electron chi connectivity index (χ0n) is 15.9. The average Bonchev–Trinajstić information content (AvgIpc) is 3.21. The molecule has 29 heavy (non-hydrogen) atoms. The number of halogens is 2. The Kier molecular flexibility index (Phi) is 5.60. The second-order valence-corrected chi connectivity index (χ2v) is 8.84. The quantitative estimate of drug-likeness (QED) is 0.501. The summed E-state index contributed by atoms with van der Waals surface area (Å²) >= 11 is 7.52. The number of benzene rings is 2. The molecule has 7 heteroatoms. The van der Waals surface area contributed by atoms with Crippen molar-refractivity contribution in [1.29, 1.82) is 0 Å². The zero-order chi connectivity index (χ0) is 20.7. The number of hydrogen-bond donors (Lipinski definition) is 2. The van der Waals surface area contributed by atoms with E-state index in [4.69, 9.17) is 11.6 Å². The smallest absolute Gasteiger partial charge is 0.304 e. The number of aromatic nitrogens is 1. The lowest BCUT2D eigenvalue weighted by atomic mass is 9.98. The molecule has 1 aliphatic heterocycles. The van der Waals surface area contributed by atoms with Crippen molar-refractivity contribution in [3.05, 3.63) is 58.5 Å². The predicted octanol–water partition coefficient (Wildman–Crippen LogP) is 5.99. The van der Waals surface area contributed by atoms with Crippen LogP contribution in [0.25, 0.3) is 10.9 Å². The number of aliphatic carboxylic acids is 1. The lowest BCUT2D eigenvalue weighted by molar-refractivity contribution is -0.137. The van der Waals surface area contributed by atoms with Crippen molar-refractivity contribution in [1.82, 2.24) is 4.57 Å². The maximum Gasteiger partial charge on any atom is 0.304 e. The molecule has 0 saturated heterocycles. The van der Waals surface area contributed by atoms with Gasteiger partial charge in [-0.05, 0) is 54.8 Å². The van der Waals surface area contributed by atoms with Crippen LogP contribution in [0.3, 0.4) is 0 Å². The van der Waals surface area contributed by atoms with Gasteiger partial charge < -0.3 is 14.8 Å². The van der Waals surface area contributed by atoms with Gasteiger partial charge in [0, 0.05) is 38.4 Å². The van der Waals surface area contributed by atoms with E-state index in [1.54, 1.807) is 12.1 Å². The van der Waals surface area contributed by atoms with Gasteiger partial charge in [-0.25, -0.2) is 4.39 Å². The van der Waals surface area contributed by atoms with E-state index < -0.39 is 17.9 Å². The topological polar surface area (TPSA) is 62.5 Å². The number of aliphatic hydroxyl groups excluding tert-OH is 1. The minimum atomic E-state index is -0.851. The predicted molar refractivity (Wildman–Crippen MR) is 112 cm³/mol. The highest BCUT2D eigenvalue weighted by molar-refractivity contribution is 7.99. The summed E-state index contributed by atoms with van der Waals surface area (Å²) in [4.78, 5) is 13.3. The van der Waals surface area contributed by atoms with Gasteiger partial charge >= 0.3 is 5.97 Å². The molecule has 0 radical (unpaired) electrons. The summed E-state index contributed by atoms with van der Waals surface area (Å²) in [5.74, 6) is -1.40. The SMILES string of the molecule is CCC(O)c1cc(F)cc2c1c(Sc1ccc(Cl)cc1)c1n2CCC1CC(=O)O. The molecular weight excluding hydrogens is 413 g/mol. The van der Waals surface area contributed by atoms with Crippen molar-refractivity contribution < 1.29 is 19.4 Å². The molecule has 2 heterocycles. The van der Waals surface area contributed by atoms with Crippen LogP contribution in [0.5, 0.6) is 0 Å². The second-order valence-electron chi connectivity index (χ2n) is 7.32. The van der Waals surface area contributed by atoms with E-state index in [-0.39, 0.29) is 12.3 Å². The third-order valence-electron chi connectivity index (χ3n) is 5.44. The van der Waals surface area contributed by atoms with Crippen molar-refractivity contribution >= 4 is 40.2 Å². The lowest BCUT2D eigenvalue weighted by Crippen LogP contribution is -2.04. The normalized spacial score (nSPS) is 16.9. The van der Waals surface area contributed by atoms with E-state index in [1.807, 2.05) is 23.6 Å². The van der Waals surface area contributed by atoms with E-state index in [0.717, 1.165) is 20.9 Å². The fourth-order valence-electron chi connectivity index (χ4n) is 4.14. The number of nitrogens with zero attached hydrogens (tertiary/aromatic N) is 1. The Balaban J connectivity index is 1.96. The Morgan fingerprint density at radius 3 is 2.72 bits per heavy atom. The summed E-state index contributed by atoms with van der Waals surface area (Å²) < 4.78 is 16.4. The van der Waals surface area contributed by atoms with Gasteiger partial charge in [0.05, 0.1) is 18.0 Å². The fraction of sp³-hybridized carbons (Fsp3) is 0.318. The molecule has 0 fully saturated rings. The molecular formula is C22H21ClFNO3S. The van der Waals surface area contributed by atoms with Gasteiger partial charge in [-0.15, -0.1) is 0 Å². The molecule has 1 aromatic heterocycles. The standard InChI is InChI=1S/C22H21ClFNO3S/c1-2-18(26)16-10-14(24)11-17-20(16)22(29-15-5-3-13(23)4-6-15)21-12(9-19(27)28)7-8-25(17)21/h3-6,10-12,18,26H,2,7-9H2,1H3,(H,27,28). The Morgan fingerprint density at radius 2 is 2.07 bits per heavy atom. The maximum atomic E-state index is 14.4. The molecule has 2 atom stereocenters. The minimum absolute atomic E-state index is 0.0264. The molecule has 152 valence electrons. The number of carboxylic acid groups (broad SMARTS) is 1. The molecule has 2 N–H and O–H groups in total. The molecule has 4 rings (SSSR count). The lowest BCUT2D eigenvalue weighted by Gasteiger charge is -2.14. The summed E-state index contributed by atoms with van der Waals surface area (Å²) in [6.07, 6.45) is 0.397. The fourth-order valence-corrected chi connectivity index (χ4v) is 5.48. The number of hydrogen-bond acceptors (Lipinski definition) is 3. The molecule has 0 saturated carbocycles. The summed E-state index contributed by atoms with van der Waals surface area (Å²) in [5, 5.41) is 21.4. The summed E-state index contributed by atoms with van der Waals surface area (Å²) in [6, 6.07) is 10.3. The Hall–Kier alpha value is -2.02. The number of carboxylic acids is 1. The number of fused-ring (bicyclic) bond motifs is 3. The van der Waals surface area contributed by atoms with Gasteiger partial charge in [0.1, 0.15) is 5.82 Å². The van der Waals surface area contributed by atoms with Gasteiger partial charge in [0.2, 0.25) is 0 Å². The van der Waals surface area contributed by atoms with Crippen LogP contribution < -0.4 is 0 Å².